The van der Waals surface area contributed by atoms with Gasteiger partial charge in [0.25, 0.3) is 11.5 Å². The van der Waals surface area contributed by atoms with Crippen molar-refractivity contribution >= 4 is 23.1 Å². The monoisotopic (exact) mass is 520 g/mol. The summed E-state index contributed by atoms with van der Waals surface area (Å²) in [5, 5.41) is 19.9. The maximum Gasteiger partial charge on any atom is 0.490 e. The molecule has 0 radical (unpaired) electrons. The van der Waals surface area contributed by atoms with Gasteiger partial charge in [-0.15, -0.1) is 0 Å². The van der Waals surface area contributed by atoms with E-state index in [9.17, 15) is 37.1 Å². The number of carboxylic acids is 1. The van der Waals surface area contributed by atoms with Crippen LogP contribution in [0.2, 0.25) is 0 Å². The number of benzene rings is 1. The highest BCUT2D eigenvalue weighted by Gasteiger charge is 2.38. The number of aliphatic carboxylic acids is 1. The molecule has 0 saturated heterocycles. The van der Waals surface area contributed by atoms with Crippen molar-refractivity contribution in [1.29, 1.82) is 0 Å². The number of nitrogens with one attached hydrogen (secondary N) is 1. The van der Waals surface area contributed by atoms with Gasteiger partial charge < -0.3 is 24.5 Å². The molecule has 1 aromatic carbocycles. The molecule has 0 saturated carbocycles. The molecule has 0 atom stereocenters. The quantitative estimate of drug-likeness (QED) is 0.351. The van der Waals surface area contributed by atoms with Crippen LogP contribution in [0.4, 0.5) is 23.2 Å². The van der Waals surface area contributed by atoms with Crippen LogP contribution in [0.5, 0.6) is 5.75 Å². The van der Waals surface area contributed by atoms with Crippen molar-refractivity contribution in [2.45, 2.75) is 12.7 Å². The second-order valence-electron chi connectivity index (χ2n) is 7.33. The topological polar surface area (TPSA) is 143 Å². The molecular weight excluding hydrogens is 504 g/mol. The SMILES string of the molecule is O=C(Nc1cn2ccn(Cc3ccc(F)cc3)c(=O)c2c(O)c1=O)c1cccnc1.O=C(O)C(F)(F)F. The summed E-state index contributed by atoms with van der Waals surface area (Å²) in [6.07, 6.45) is 1.95. The average molecular weight is 520 g/mol. The van der Waals surface area contributed by atoms with E-state index >= 15 is 0 Å². The zero-order valence-corrected chi connectivity index (χ0v) is 18.4. The largest absolute Gasteiger partial charge is 0.502 e. The molecule has 0 unspecified atom stereocenters. The molecule has 3 aromatic heterocycles. The van der Waals surface area contributed by atoms with Crippen LogP contribution < -0.4 is 16.3 Å². The molecule has 37 heavy (non-hydrogen) atoms. The van der Waals surface area contributed by atoms with Gasteiger partial charge in [-0.05, 0) is 29.8 Å². The molecule has 1 amide bonds. The first-order valence-corrected chi connectivity index (χ1v) is 10.1. The molecule has 3 N–H and O–H groups in total. The third-order valence-electron chi connectivity index (χ3n) is 4.76. The van der Waals surface area contributed by atoms with E-state index in [0.717, 1.165) is 0 Å². The summed E-state index contributed by atoms with van der Waals surface area (Å²) in [7, 11) is 0. The predicted octanol–water partition coefficient (Wildman–Crippen LogP) is 2.63. The second kappa shape index (κ2) is 10.7. The number of aromatic hydroxyl groups is 1. The minimum atomic E-state index is -5.08. The molecule has 10 nitrogen and oxygen atoms in total. The number of aromatic nitrogens is 3. The van der Waals surface area contributed by atoms with E-state index in [-0.39, 0.29) is 23.3 Å². The zero-order chi connectivity index (χ0) is 27.3. The van der Waals surface area contributed by atoms with Crippen LogP contribution in [0.15, 0.2) is 77.0 Å². The third kappa shape index (κ3) is 6.36. The number of hydrogen-bond acceptors (Lipinski definition) is 6. The fourth-order valence-electron chi connectivity index (χ4n) is 3.00. The lowest BCUT2D eigenvalue weighted by Crippen LogP contribution is -2.26. The van der Waals surface area contributed by atoms with Gasteiger partial charge >= 0.3 is 12.1 Å². The van der Waals surface area contributed by atoms with Crippen LogP contribution in [0.25, 0.3) is 5.52 Å². The smallest absolute Gasteiger partial charge is 0.490 e. The minimum Gasteiger partial charge on any atom is -0.502 e. The Bertz CT molecular complexity index is 1570. The van der Waals surface area contributed by atoms with Crippen molar-refractivity contribution in [2.24, 2.45) is 0 Å². The summed E-state index contributed by atoms with van der Waals surface area (Å²) >= 11 is 0. The first kappa shape index (κ1) is 26.6. The molecule has 4 rings (SSSR count). The summed E-state index contributed by atoms with van der Waals surface area (Å²) in [5.41, 5.74) is -1.01. The Morgan fingerprint density at radius 1 is 1.05 bits per heavy atom. The van der Waals surface area contributed by atoms with Crippen LogP contribution in [0.1, 0.15) is 15.9 Å². The van der Waals surface area contributed by atoms with Gasteiger partial charge in [0.2, 0.25) is 5.43 Å². The number of alkyl halides is 3. The molecule has 0 aliphatic rings. The van der Waals surface area contributed by atoms with E-state index < -0.39 is 40.6 Å². The van der Waals surface area contributed by atoms with Crippen molar-refractivity contribution < 1.29 is 37.4 Å². The number of halogens is 4. The highest BCUT2D eigenvalue weighted by Crippen LogP contribution is 2.15. The van der Waals surface area contributed by atoms with Gasteiger partial charge in [0.15, 0.2) is 11.3 Å². The second-order valence-corrected chi connectivity index (χ2v) is 7.33. The number of rotatable bonds is 4. The Balaban J connectivity index is 0.000000479. The number of carbonyl (C=O) groups excluding carboxylic acids is 1. The number of nitrogens with zero attached hydrogens (tertiary/aromatic N) is 3. The van der Waals surface area contributed by atoms with E-state index in [0.29, 0.717) is 5.56 Å². The average Bonchev–Trinajstić information content (AvgIpc) is 2.85. The zero-order valence-electron chi connectivity index (χ0n) is 18.4. The van der Waals surface area contributed by atoms with Gasteiger partial charge in [0, 0.05) is 31.0 Å². The predicted molar refractivity (Wildman–Crippen MR) is 121 cm³/mol. The maximum atomic E-state index is 13.1. The van der Waals surface area contributed by atoms with Gasteiger partial charge in [0.05, 0.1) is 12.1 Å². The summed E-state index contributed by atoms with van der Waals surface area (Å²) in [6.45, 7) is 0.128. The lowest BCUT2D eigenvalue weighted by molar-refractivity contribution is -0.192. The first-order chi connectivity index (χ1) is 17.4. The Kier molecular flexibility index (Phi) is 7.70. The van der Waals surface area contributed by atoms with E-state index in [1.54, 1.807) is 6.07 Å². The fraction of sp³-hybridized carbons (Fsp3) is 0.0870. The van der Waals surface area contributed by atoms with Crippen molar-refractivity contribution in [1.82, 2.24) is 14.0 Å². The molecule has 3 heterocycles. The molecule has 14 heteroatoms. The number of anilines is 1. The van der Waals surface area contributed by atoms with Crippen LogP contribution in [0, 0.1) is 5.82 Å². The Hall–Kier alpha value is -5.01. The van der Waals surface area contributed by atoms with Crippen LogP contribution in [-0.2, 0) is 11.3 Å². The minimum absolute atomic E-state index is 0.128. The van der Waals surface area contributed by atoms with Crippen LogP contribution in [-0.4, -0.2) is 42.2 Å². The standard InChI is InChI=1S/C21H15FN4O4.C2HF3O2/c22-15-5-3-13(4-6-15)11-26-9-8-25-12-16(18(27)19(28)17(25)21(26)30)24-20(29)14-2-1-7-23-10-14;3-2(4,5)1(6)7/h1-10,12,28H,11H2,(H,24,29);(H,6,7). The Labute approximate surface area is 203 Å². The highest BCUT2D eigenvalue weighted by molar-refractivity contribution is 6.04. The van der Waals surface area contributed by atoms with Gasteiger partial charge in [-0.25, -0.2) is 9.18 Å². The number of amides is 1. The van der Waals surface area contributed by atoms with Crippen molar-refractivity contribution in [3.8, 4) is 5.75 Å². The molecule has 0 aliphatic heterocycles. The van der Waals surface area contributed by atoms with Crippen molar-refractivity contribution in [2.75, 3.05) is 5.32 Å². The van der Waals surface area contributed by atoms with Gasteiger partial charge in [-0.2, -0.15) is 13.2 Å². The molecule has 0 aliphatic carbocycles. The maximum absolute atomic E-state index is 13.1. The normalized spacial score (nSPS) is 10.9. The lowest BCUT2D eigenvalue weighted by atomic mass is 10.2. The molecule has 0 fully saturated rings. The van der Waals surface area contributed by atoms with Crippen molar-refractivity contribution in [3.05, 3.63) is 105 Å². The number of hydrogen-bond donors (Lipinski definition) is 3. The number of fused-ring (bicyclic) bond motifs is 1. The number of carbonyl (C=O) groups is 2. The van der Waals surface area contributed by atoms with Crippen molar-refractivity contribution in [3.63, 3.8) is 0 Å². The van der Waals surface area contributed by atoms with Crippen LogP contribution >= 0.6 is 0 Å². The van der Waals surface area contributed by atoms with Gasteiger partial charge in [-0.3, -0.25) is 19.4 Å². The lowest BCUT2D eigenvalue weighted by Gasteiger charge is -2.11. The summed E-state index contributed by atoms with van der Waals surface area (Å²) < 4.78 is 47.4. The Morgan fingerprint density at radius 3 is 2.27 bits per heavy atom. The molecule has 0 spiro atoms. The fourth-order valence-corrected chi connectivity index (χ4v) is 3.00. The van der Waals surface area contributed by atoms with E-state index in [1.807, 2.05) is 0 Å². The van der Waals surface area contributed by atoms with E-state index in [2.05, 4.69) is 10.3 Å². The summed E-state index contributed by atoms with van der Waals surface area (Å²) in [4.78, 5) is 50.4. The molecular formula is C23H16F4N4O6. The Morgan fingerprint density at radius 2 is 1.70 bits per heavy atom. The van der Waals surface area contributed by atoms with E-state index in [1.165, 1.54) is 70.3 Å². The highest BCUT2D eigenvalue weighted by atomic mass is 19.4. The molecule has 4 aromatic rings. The van der Waals surface area contributed by atoms with E-state index in [4.69, 9.17) is 9.90 Å². The summed E-state index contributed by atoms with van der Waals surface area (Å²) in [5.74, 6) is -4.51. The molecule has 0 bridgehead atoms. The third-order valence-corrected chi connectivity index (χ3v) is 4.76. The van der Waals surface area contributed by atoms with Gasteiger partial charge in [0.1, 0.15) is 11.5 Å². The summed E-state index contributed by atoms with van der Waals surface area (Å²) in [6, 6.07) is 8.73. The number of pyridine rings is 2. The van der Waals surface area contributed by atoms with Crippen LogP contribution in [0.3, 0.4) is 0 Å². The molecule has 192 valence electrons. The van der Waals surface area contributed by atoms with Gasteiger partial charge in [-0.1, -0.05) is 12.1 Å². The first-order valence-electron chi connectivity index (χ1n) is 10.1. The number of carboxylic acid groups (broad SMARTS) is 1.